The molecule has 1 N–H and O–H groups in total. The second kappa shape index (κ2) is 10.3. The zero-order valence-corrected chi connectivity index (χ0v) is 18.7. The summed E-state index contributed by atoms with van der Waals surface area (Å²) in [5, 5.41) is 2.32. The van der Waals surface area contributed by atoms with E-state index in [4.69, 9.17) is 14.2 Å². The molecule has 2 aromatic carbocycles. The van der Waals surface area contributed by atoms with Crippen molar-refractivity contribution in [1.82, 2.24) is 10.2 Å². The summed E-state index contributed by atoms with van der Waals surface area (Å²) in [5.41, 5.74) is 1.59. The first-order valence-corrected chi connectivity index (χ1v) is 11.2. The molecular weight excluding hydrogens is 444 g/mol. The zero-order valence-electron chi connectivity index (χ0n) is 17.9. The molecule has 0 unspecified atom stereocenters. The molecule has 9 heteroatoms. The molecule has 8 nitrogen and oxygen atoms in total. The van der Waals surface area contributed by atoms with Crippen molar-refractivity contribution < 1.29 is 28.6 Å². The lowest BCUT2D eigenvalue weighted by Crippen LogP contribution is -2.36. The molecule has 3 amide bonds. The maximum Gasteiger partial charge on any atom is 0.293 e. The molecule has 0 aromatic heterocycles. The summed E-state index contributed by atoms with van der Waals surface area (Å²) < 4.78 is 16.0. The first-order valence-electron chi connectivity index (χ1n) is 10.4. The molecule has 2 aliphatic rings. The van der Waals surface area contributed by atoms with Gasteiger partial charge >= 0.3 is 0 Å². The predicted molar refractivity (Wildman–Crippen MR) is 125 cm³/mol. The molecule has 4 rings (SSSR count). The van der Waals surface area contributed by atoms with E-state index in [9.17, 15) is 14.4 Å². The Hall–Kier alpha value is -3.72. The Morgan fingerprint density at radius 1 is 1.12 bits per heavy atom. The van der Waals surface area contributed by atoms with Gasteiger partial charge in [-0.1, -0.05) is 18.2 Å². The number of thioether (sulfide) groups is 1. The highest BCUT2D eigenvalue weighted by atomic mass is 32.2. The lowest BCUT2D eigenvalue weighted by molar-refractivity contribution is -0.123. The number of hydrogen-bond acceptors (Lipinski definition) is 7. The topological polar surface area (TPSA) is 94.2 Å². The number of fused-ring (bicyclic) bond motifs is 1. The van der Waals surface area contributed by atoms with Gasteiger partial charge in [0.15, 0.2) is 11.5 Å². The Morgan fingerprint density at radius 2 is 1.88 bits per heavy atom. The lowest BCUT2D eigenvalue weighted by atomic mass is 10.2. The van der Waals surface area contributed by atoms with Crippen molar-refractivity contribution in [3.63, 3.8) is 0 Å². The average molecular weight is 467 g/mol. The normalized spacial score (nSPS) is 16.2. The Kier molecular flexibility index (Phi) is 6.99. The Labute approximate surface area is 195 Å². The number of nitrogens with zero attached hydrogens (tertiary/aromatic N) is 1. The Morgan fingerprint density at radius 3 is 2.67 bits per heavy atom. The first kappa shape index (κ1) is 22.5. The van der Waals surface area contributed by atoms with Crippen molar-refractivity contribution in [2.24, 2.45) is 0 Å². The quantitative estimate of drug-likeness (QED) is 0.593. The van der Waals surface area contributed by atoms with Gasteiger partial charge in [0.05, 0.1) is 11.5 Å². The largest absolute Gasteiger partial charge is 0.494 e. The van der Waals surface area contributed by atoms with Crippen LogP contribution < -0.4 is 19.5 Å². The van der Waals surface area contributed by atoms with Crippen LogP contribution >= 0.6 is 11.8 Å². The van der Waals surface area contributed by atoms with Crippen LogP contribution in [0.2, 0.25) is 0 Å². The molecule has 2 aliphatic heterocycles. The van der Waals surface area contributed by atoms with Crippen molar-refractivity contribution in [3.8, 4) is 17.2 Å². The summed E-state index contributed by atoms with van der Waals surface area (Å²) in [6.07, 6.45) is 4.73. The number of ether oxygens (including phenoxy) is 3. The maximum atomic E-state index is 12.6. The van der Waals surface area contributed by atoms with Crippen LogP contribution in [0.4, 0.5) is 4.79 Å². The molecule has 0 saturated carbocycles. The van der Waals surface area contributed by atoms with Crippen molar-refractivity contribution in [2.75, 3.05) is 26.5 Å². The molecule has 170 valence electrons. The monoisotopic (exact) mass is 466 g/mol. The summed E-state index contributed by atoms with van der Waals surface area (Å²) in [6, 6.07) is 12.7. The van der Waals surface area contributed by atoms with E-state index in [-0.39, 0.29) is 36.9 Å². The van der Waals surface area contributed by atoms with Gasteiger partial charge in [0.25, 0.3) is 11.1 Å². The molecule has 0 atom stereocenters. The van der Waals surface area contributed by atoms with Gasteiger partial charge in [-0.2, -0.15) is 0 Å². The van der Waals surface area contributed by atoms with Gasteiger partial charge in [-0.15, -0.1) is 0 Å². The third kappa shape index (κ3) is 5.56. The minimum absolute atomic E-state index is 0.0891. The molecule has 0 aliphatic carbocycles. The molecule has 2 heterocycles. The number of rotatable bonds is 8. The highest BCUT2D eigenvalue weighted by molar-refractivity contribution is 8.18. The van der Waals surface area contributed by atoms with Gasteiger partial charge in [0.2, 0.25) is 12.7 Å². The van der Waals surface area contributed by atoms with Crippen molar-refractivity contribution in [1.29, 1.82) is 0 Å². The van der Waals surface area contributed by atoms with Crippen LogP contribution in [-0.2, 0) is 9.59 Å². The lowest BCUT2D eigenvalue weighted by Gasteiger charge is -2.12. The minimum atomic E-state index is -0.387. The molecule has 1 fully saturated rings. The van der Waals surface area contributed by atoms with Gasteiger partial charge in [0, 0.05) is 19.2 Å². The van der Waals surface area contributed by atoms with Crippen LogP contribution in [0, 0.1) is 0 Å². The summed E-state index contributed by atoms with van der Waals surface area (Å²) in [4.78, 5) is 38.4. The van der Waals surface area contributed by atoms with E-state index in [1.807, 2.05) is 31.2 Å². The van der Waals surface area contributed by atoms with E-state index in [1.54, 1.807) is 30.4 Å². The van der Waals surface area contributed by atoms with Gasteiger partial charge in [-0.05, 0) is 66.2 Å². The van der Waals surface area contributed by atoms with Crippen LogP contribution in [0.1, 0.15) is 18.1 Å². The molecule has 0 radical (unpaired) electrons. The summed E-state index contributed by atoms with van der Waals surface area (Å²) >= 11 is 0.870. The SMILES string of the molecule is CCOc1ccc(/C=C/C(=O)NCCN2C(=O)S/C(=C\c3ccc4c(c3)OCO4)C2=O)cc1. The molecule has 1 saturated heterocycles. The number of imide groups is 1. The van der Waals surface area contributed by atoms with E-state index in [0.717, 1.165) is 33.5 Å². The van der Waals surface area contributed by atoms with E-state index in [1.165, 1.54) is 6.08 Å². The zero-order chi connectivity index (χ0) is 23.2. The summed E-state index contributed by atoms with van der Waals surface area (Å²) in [7, 11) is 0. The highest BCUT2D eigenvalue weighted by Gasteiger charge is 2.34. The van der Waals surface area contributed by atoms with Gasteiger partial charge in [-0.25, -0.2) is 0 Å². The molecule has 0 spiro atoms. The van der Waals surface area contributed by atoms with Gasteiger partial charge < -0.3 is 19.5 Å². The summed E-state index contributed by atoms with van der Waals surface area (Å²) in [6.45, 7) is 2.91. The van der Waals surface area contributed by atoms with E-state index in [2.05, 4.69) is 5.32 Å². The minimum Gasteiger partial charge on any atom is -0.494 e. The van der Waals surface area contributed by atoms with Gasteiger partial charge in [-0.3, -0.25) is 19.3 Å². The van der Waals surface area contributed by atoms with Crippen LogP contribution in [0.25, 0.3) is 12.2 Å². The molecule has 33 heavy (non-hydrogen) atoms. The number of carbonyl (C=O) groups is 3. The second-order valence-corrected chi connectivity index (χ2v) is 8.07. The predicted octanol–water partition coefficient (Wildman–Crippen LogP) is 3.68. The van der Waals surface area contributed by atoms with Gasteiger partial charge in [0.1, 0.15) is 5.75 Å². The van der Waals surface area contributed by atoms with Crippen LogP contribution in [0.15, 0.2) is 53.4 Å². The van der Waals surface area contributed by atoms with Crippen molar-refractivity contribution in [3.05, 3.63) is 64.6 Å². The smallest absolute Gasteiger partial charge is 0.293 e. The maximum absolute atomic E-state index is 12.6. The average Bonchev–Trinajstić information content (AvgIpc) is 3.38. The Bertz CT molecular complexity index is 1130. The third-order valence-electron chi connectivity index (χ3n) is 4.82. The van der Waals surface area contributed by atoms with Crippen molar-refractivity contribution in [2.45, 2.75) is 6.92 Å². The van der Waals surface area contributed by atoms with E-state index in [0.29, 0.717) is 23.0 Å². The number of benzene rings is 2. The fourth-order valence-corrected chi connectivity index (χ4v) is 4.08. The van der Waals surface area contributed by atoms with Crippen LogP contribution in [0.3, 0.4) is 0 Å². The third-order valence-corrected chi connectivity index (χ3v) is 5.73. The van der Waals surface area contributed by atoms with Crippen LogP contribution in [0.5, 0.6) is 17.2 Å². The van der Waals surface area contributed by atoms with E-state index >= 15 is 0 Å². The number of amides is 3. The van der Waals surface area contributed by atoms with Crippen molar-refractivity contribution >= 4 is 41.0 Å². The fourth-order valence-electron chi connectivity index (χ4n) is 3.21. The number of nitrogens with one attached hydrogen (secondary N) is 1. The van der Waals surface area contributed by atoms with Crippen LogP contribution in [-0.4, -0.2) is 48.4 Å². The first-order chi connectivity index (χ1) is 16.0. The number of carbonyl (C=O) groups excluding carboxylic acids is 3. The number of hydrogen-bond donors (Lipinski definition) is 1. The molecule has 0 bridgehead atoms. The molecule has 2 aromatic rings. The highest BCUT2D eigenvalue weighted by Crippen LogP contribution is 2.36. The second-order valence-electron chi connectivity index (χ2n) is 7.07. The summed E-state index contributed by atoms with van der Waals surface area (Å²) in [5.74, 6) is 1.31. The van der Waals surface area contributed by atoms with E-state index < -0.39 is 0 Å². The fraction of sp³-hybridized carbons (Fsp3) is 0.208. The standard InChI is InChI=1S/C24H22N2O6S/c1-2-30-18-7-3-16(4-8-18)6-10-22(27)25-11-12-26-23(28)21(33-24(26)29)14-17-5-9-19-20(13-17)32-15-31-19/h3-10,13-14H,2,11-12,15H2,1H3,(H,25,27)/b10-6+,21-14-. The molecular formula is C24H22N2O6S. The Balaban J connectivity index is 1.28.